The van der Waals surface area contributed by atoms with E-state index in [1.807, 2.05) is 18.0 Å². The maximum atomic E-state index is 5.70. The van der Waals surface area contributed by atoms with Crippen molar-refractivity contribution < 1.29 is 0 Å². The van der Waals surface area contributed by atoms with E-state index in [0.29, 0.717) is 12.0 Å². The second-order valence-corrected chi connectivity index (χ2v) is 3.65. The van der Waals surface area contributed by atoms with E-state index < -0.39 is 0 Å². The summed E-state index contributed by atoms with van der Waals surface area (Å²) in [4.78, 5) is 6.26. The molecule has 0 spiro atoms. The molecule has 0 aliphatic carbocycles. The van der Waals surface area contributed by atoms with Crippen LogP contribution in [0.3, 0.4) is 0 Å². The van der Waals surface area contributed by atoms with Gasteiger partial charge in [-0.3, -0.25) is 4.99 Å². The van der Waals surface area contributed by atoms with E-state index in [4.69, 9.17) is 5.73 Å². The summed E-state index contributed by atoms with van der Waals surface area (Å²) in [5, 5.41) is 0. The molecule has 1 aliphatic rings. The second kappa shape index (κ2) is 3.70. The Kier molecular flexibility index (Phi) is 2.39. The quantitative estimate of drug-likeness (QED) is 0.749. The van der Waals surface area contributed by atoms with Crippen LogP contribution in [0.2, 0.25) is 0 Å². The molecule has 0 saturated heterocycles. The van der Waals surface area contributed by atoms with E-state index in [9.17, 15) is 0 Å². The fraction of sp³-hybridized carbons (Fsp3) is 0.364. The van der Waals surface area contributed by atoms with Gasteiger partial charge in [0.1, 0.15) is 0 Å². The third-order valence-electron chi connectivity index (χ3n) is 2.69. The first-order valence-electron chi connectivity index (χ1n) is 4.84. The Labute approximate surface area is 84.2 Å². The molecule has 2 rings (SSSR count). The maximum Gasteiger partial charge on any atom is 0.191 e. The molecule has 0 bridgehead atoms. The smallest absolute Gasteiger partial charge is 0.191 e. The van der Waals surface area contributed by atoms with Gasteiger partial charge in [-0.25, -0.2) is 0 Å². The van der Waals surface area contributed by atoms with Crippen molar-refractivity contribution >= 4 is 5.96 Å². The van der Waals surface area contributed by atoms with Crippen molar-refractivity contribution in [2.24, 2.45) is 10.7 Å². The highest BCUT2D eigenvalue weighted by Crippen LogP contribution is 2.11. The minimum Gasteiger partial charge on any atom is -0.370 e. The molecule has 1 aliphatic heterocycles. The zero-order chi connectivity index (χ0) is 9.97. The molecular weight excluding hydrogens is 174 g/mol. The van der Waals surface area contributed by atoms with Crippen LogP contribution in [-0.2, 0) is 6.42 Å². The molecule has 3 nitrogen and oxygen atoms in total. The first-order valence-corrected chi connectivity index (χ1v) is 4.84. The molecule has 0 amide bonds. The lowest BCUT2D eigenvalue weighted by atomic mass is 10.1. The maximum absolute atomic E-state index is 5.70. The molecule has 74 valence electrons. The molecule has 2 N–H and O–H groups in total. The number of hydrogen-bond acceptors (Lipinski definition) is 3. The standard InChI is InChI=1S/C11H15N3/c1-14-10(8-13-11(14)12)7-9-5-3-2-4-6-9/h2-6,10H,7-8H2,1H3,(H2,12,13). The normalized spacial score (nSPS) is 21.1. The highest BCUT2D eigenvalue weighted by molar-refractivity contribution is 5.79. The topological polar surface area (TPSA) is 41.6 Å². The summed E-state index contributed by atoms with van der Waals surface area (Å²) in [7, 11) is 2.00. The van der Waals surface area contributed by atoms with Gasteiger partial charge in [0, 0.05) is 7.05 Å². The van der Waals surface area contributed by atoms with Crippen molar-refractivity contribution in [1.29, 1.82) is 0 Å². The van der Waals surface area contributed by atoms with E-state index in [1.54, 1.807) is 0 Å². The third-order valence-corrected chi connectivity index (χ3v) is 2.69. The number of likely N-dealkylation sites (N-methyl/N-ethyl adjacent to an activating group) is 1. The van der Waals surface area contributed by atoms with Gasteiger partial charge in [-0.2, -0.15) is 0 Å². The second-order valence-electron chi connectivity index (χ2n) is 3.65. The predicted molar refractivity (Wildman–Crippen MR) is 58.2 cm³/mol. The fourth-order valence-corrected chi connectivity index (χ4v) is 1.71. The Bertz CT molecular complexity index is 332. The Hall–Kier alpha value is -1.51. The minimum atomic E-state index is 0.428. The summed E-state index contributed by atoms with van der Waals surface area (Å²) in [6, 6.07) is 10.9. The molecule has 1 aromatic rings. The Morgan fingerprint density at radius 2 is 2.14 bits per heavy atom. The van der Waals surface area contributed by atoms with E-state index in [2.05, 4.69) is 29.3 Å². The van der Waals surface area contributed by atoms with Crippen LogP contribution in [0.25, 0.3) is 0 Å². The van der Waals surface area contributed by atoms with E-state index >= 15 is 0 Å². The molecular formula is C11H15N3. The van der Waals surface area contributed by atoms with Crippen molar-refractivity contribution in [2.45, 2.75) is 12.5 Å². The molecule has 1 unspecified atom stereocenters. The Morgan fingerprint density at radius 3 is 2.71 bits per heavy atom. The van der Waals surface area contributed by atoms with Crippen molar-refractivity contribution in [3.8, 4) is 0 Å². The van der Waals surface area contributed by atoms with Crippen LogP contribution in [-0.4, -0.2) is 30.5 Å². The lowest BCUT2D eigenvalue weighted by Gasteiger charge is -2.21. The van der Waals surface area contributed by atoms with E-state index in [0.717, 1.165) is 13.0 Å². The highest BCUT2D eigenvalue weighted by atomic mass is 15.3. The van der Waals surface area contributed by atoms with Gasteiger partial charge < -0.3 is 10.6 Å². The average molecular weight is 189 g/mol. The monoisotopic (exact) mass is 189 g/mol. The highest BCUT2D eigenvalue weighted by Gasteiger charge is 2.21. The van der Waals surface area contributed by atoms with Gasteiger partial charge in [-0.1, -0.05) is 30.3 Å². The molecule has 3 heteroatoms. The van der Waals surface area contributed by atoms with Gasteiger partial charge in [0.2, 0.25) is 0 Å². The van der Waals surface area contributed by atoms with Crippen LogP contribution in [0.4, 0.5) is 0 Å². The van der Waals surface area contributed by atoms with Gasteiger partial charge in [0.25, 0.3) is 0 Å². The lowest BCUT2D eigenvalue weighted by molar-refractivity contribution is 0.398. The average Bonchev–Trinajstić information content (AvgIpc) is 2.52. The number of nitrogens with two attached hydrogens (primary N) is 1. The molecule has 0 saturated carbocycles. The molecule has 1 atom stereocenters. The number of guanidine groups is 1. The van der Waals surface area contributed by atoms with Crippen LogP contribution in [0.15, 0.2) is 35.3 Å². The van der Waals surface area contributed by atoms with E-state index in [-0.39, 0.29) is 0 Å². The van der Waals surface area contributed by atoms with Crippen LogP contribution >= 0.6 is 0 Å². The van der Waals surface area contributed by atoms with Crippen molar-refractivity contribution in [3.05, 3.63) is 35.9 Å². The zero-order valence-electron chi connectivity index (χ0n) is 8.35. The summed E-state index contributed by atoms with van der Waals surface area (Å²) in [6.45, 7) is 0.817. The molecule has 1 aromatic carbocycles. The van der Waals surface area contributed by atoms with Gasteiger partial charge in [0.05, 0.1) is 12.6 Å². The summed E-state index contributed by atoms with van der Waals surface area (Å²) in [6.07, 6.45) is 1.02. The predicted octanol–water partition coefficient (Wildman–Crippen LogP) is 0.858. The van der Waals surface area contributed by atoms with Gasteiger partial charge >= 0.3 is 0 Å². The molecule has 0 radical (unpaired) electrons. The Balaban J connectivity index is 2.01. The summed E-state index contributed by atoms with van der Waals surface area (Å²) < 4.78 is 0. The van der Waals surface area contributed by atoms with Crippen molar-refractivity contribution in [2.75, 3.05) is 13.6 Å². The van der Waals surface area contributed by atoms with Crippen molar-refractivity contribution in [1.82, 2.24) is 4.90 Å². The zero-order valence-corrected chi connectivity index (χ0v) is 8.35. The first-order chi connectivity index (χ1) is 6.77. The van der Waals surface area contributed by atoms with Gasteiger partial charge in [-0.15, -0.1) is 0 Å². The number of aliphatic imine (C=N–C) groups is 1. The molecule has 1 heterocycles. The molecule has 14 heavy (non-hydrogen) atoms. The molecule has 0 fully saturated rings. The lowest BCUT2D eigenvalue weighted by Crippen LogP contribution is -2.38. The molecule has 0 aromatic heterocycles. The van der Waals surface area contributed by atoms with Gasteiger partial charge in [-0.05, 0) is 12.0 Å². The van der Waals surface area contributed by atoms with Crippen LogP contribution in [0.5, 0.6) is 0 Å². The number of rotatable bonds is 2. The number of hydrogen-bond donors (Lipinski definition) is 1. The van der Waals surface area contributed by atoms with Crippen molar-refractivity contribution in [3.63, 3.8) is 0 Å². The number of nitrogens with zero attached hydrogens (tertiary/aromatic N) is 2. The van der Waals surface area contributed by atoms with Crippen LogP contribution in [0, 0.1) is 0 Å². The van der Waals surface area contributed by atoms with Crippen LogP contribution < -0.4 is 5.73 Å². The largest absolute Gasteiger partial charge is 0.370 e. The fourth-order valence-electron chi connectivity index (χ4n) is 1.71. The number of benzene rings is 1. The van der Waals surface area contributed by atoms with Gasteiger partial charge in [0.15, 0.2) is 5.96 Å². The minimum absolute atomic E-state index is 0.428. The summed E-state index contributed by atoms with van der Waals surface area (Å²) >= 11 is 0. The third kappa shape index (κ3) is 1.71. The first kappa shape index (κ1) is 9.06. The SMILES string of the molecule is CN1C(N)=NCC1Cc1ccccc1. The summed E-state index contributed by atoms with van der Waals surface area (Å²) in [5.74, 6) is 0.658. The Morgan fingerprint density at radius 1 is 1.43 bits per heavy atom. The van der Waals surface area contributed by atoms with Crippen LogP contribution in [0.1, 0.15) is 5.56 Å². The summed E-state index contributed by atoms with van der Waals surface area (Å²) in [5.41, 5.74) is 7.04. The van der Waals surface area contributed by atoms with E-state index in [1.165, 1.54) is 5.56 Å².